The Kier molecular flexibility index (Phi) is 2.38. The Hall–Kier alpha value is -0.420. The summed E-state index contributed by atoms with van der Waals surface area (Å²) in [6, 6.07) is 7.57. The van der Waals surface area contributed by atoms with Crippen molar-refractivity contribution in [3.8, 4) is 0 Å². The number of aliphatic hydroxyl groups excluding tert-OH is 1. The number of rotatable bonds is 1. The van der Waals surface area contributed by atoms with Gasteiger partial charge in [-0.1, -0.05) is 46.9 Å². The van der Waals surface area contributed by atoms with Crippen LogP contribution in [0.4, 0.5) is 0 Å². The highest BCUT2D eigenvalue weighted by molar-refractivity contribution is 14.1. The van der Waals surface area contributed by atoms with E-state index in [0.29, 0.717) is 6.42 Å². The normalized spacial score (nSPS) is 22.9. The minimum atomic E-state index is -0.572. The second-order valence-corrected chi connectivity index (χ2v) is 4.48. The highest BCUT2D eigenvalue weighted by Gasteiger charge is 2.33. The van der Waals surface area contributed by atoms with Crippen molar-refractivity contribution in [1.29, 1.82) is 0 Å². The molecule has 0 bridgehead atoms. The van der Waals surface area contributed by atoms with Crippen LogP contribution in [0, 0.1) is 5.92 Å². The van der Waals surface area contributed by atoms with Crippen LogP contribution in [0.2, 0.25) is 0 Å². The average molecular weight is 288 g/mol. The van der Waals surface area contributed by atoms with Gasteiger partial charge in [0.1, 0.15) is 4.11 Å². The van der Waals surface area contributed by atoms with Gasteiger partial charge in [0.2, 0.25) is 0 Å². The minimum Gasteiger partial charge on any atom is -0.382 e. The number of alkyl halides is 1. The first kappa shape index (κ1) is 9.15. The lowest BCUT2D eigenvalue weighted by Gasteiger charge is -2.08. The first-order valence-electron chi connectivity index (χ1n) is 4.14. The Morgan fingerprint density at radius 2 is 2.15 bits per heavy atom. The van der Waals surface area contributed by atoms with Crippen molar-refractivity contribution in [3.05, 3.63) is 35.4 Å². The smallest absolute Gasteiger partial charge is 0.169 e. The molecule has 13 heavy (non-hydrogen) atoms. The Bertz CT molecular complexity index is 347. The van der Waals surface area contributed by atoms with E-state index in [1.165, 1.54) is 0 Å². The van der Waals surface area contributed by atoms with Gasteiger partial charge in [0.15, 0.2) is 5.78 Å². The summed E-state index contributed by atoms with van der Waals surface area (Å²) in [6.45, 7) is 0. The molecule has 0 radical (unpaired) electrons. The van der Waals surface area contributed by atoms with Crippen LogP contribution in [0.15, 0.2) is 24.3 Å². The van der Waals surface area contributed by atoms with Crippen LogP contribution in [0.25, 0.3) is 0 Å². The molecule has 3 heteroatoms. The average Bonchev–Trinajstić information content (AvgIpc) is 2.45. The van der Waals surface area contributed by atoms with Gasteiger partial charge < -0.3 is 5.11 Å². The molecule has 1 aromatic carbocycles. The van der Waals surface area contributed by atoms with Gasteiger partial charge >= 0.3 is 0 Å². The van der Waals surface area contributed by atoms with Crippen molar-refractivity contribution in [2.75, 3.05) is 0 Å². The quantitative estimate of drug-likeness (QED) is 0.632. The highest BCUT2D eigenvalue weighted by atomic mass is 127. The fourth-order valence-electron chi connectivity index (χ4n) is 1.69. The van der Waals surface area contributed by atoms with Crippen LogP contribution >= 0.6 is 22.6 Å². The maximum atomic E-state index is 11.7. The van der Waals surface area contributed by atoms with E-state index in [1.54, 1.807) is 0 Å². The molecule has 1 N–H and O–H groups in total. The van der Waals surface area contributed by atoms with Crippen LogP contribution in [0.5, 0.6) is 0 Å². The lowest BCUT2D eigenvalue weighted by atomic mass is 10.1. The molecular weight excluding hydrogens is 279 g/mol. The number of hydrogen-bond acceptors (Lipinski definition) is 2. The van der Waals surface area contributed by atoms with Crippen molar-refractivity contribution >= 4 is 28.4 Å². The zero-order valence-corrected chi connectivity index (χ0v) is 9.06. The van der Waals surface area contributed by atoms with E-state index in [9.17, 15) is 9.90 Å². The van der Waals surface area contributed by atoms with Crippen molar-refractivity contribution in [2.45, 2.75) is 10.5 Å². The van der Waals surface area contributed by atoms with E-state index in [2.05, 4.69) is 0 Å². The summed E-state index contributed by atoms with van der Waals surface area (Å²) in [6.07, 6.45) is 0.680. The third kappa shape index (κ3) is 1.50. The molecule has 2 atom stereocenters. The Labute approximate surface area is 90.1 Å². The summed E-state index contributed by atoms with van der Waals surface area (Å²) in [5.41, 5.74) is 1.84. The van der Waals surface area contributed by atoms with E-state index in [0.717, 1.165) is 11.1 Å². The molecule has 1 aliphatic carbocycles. The first-order chi connectivity index (χ1) is 6.20. The summed E-state index contributed by atoms with van der Waals surface area (Å²) in [5.74, 6) is -0.157. The molecule has 0 saturated carbocycles. The third-order valence-electron chi connectivity index (χ3n) is 2.39. The molecule has 2 nitrogen and oxygen atoms in total. The maximum absolute atomic E-state index is 11.7. The lowest BCUT2D eigenvalue weighted by molar-refractivity contribution is 0.0868. The number of Topliss-reactive ketones (excluding diaryl/α,β-unsaturated/α-hetero) is 1. The zero-order chi connectivity index (χ0) is 9.42. The molecule has 0 heterocycles. The van der Waals surface area contributed by atoms with Crippen molar-refractivity contribution < 1.29 is 9.90 Å². The predicted molar refractivity (Wildman–Crippen MR) is 58.0 cm³/mol. The van der Waals surface area contributed by atoms with Gasteiger partial charge in [-0.15, -0.1) is 0 Å². The summed E-state index contributed by atoms with van der Waals surface area (Å²) < 4.78 is -0.572. The summed E-state index contributed by atoms with van der Waals surface area (Å²) in [5, 5.41) is 9.36. The van der Waals surface area contributed by atoms with Crippen LogP contribution in [0.3, 0.4) is 0 Å². The van der Waals surface area contributed by atoms with Gasteiger partial charge in [0.25, 0.3) is 0 Å². The van der Waals surface area contributed by atoms with Crippen molar-refractivity contribution in [1.82, 2.24) is 0 Å². The van der Waals surface area contributed by atoms with Gasteiger partial charge in [0.05, 0.1) is 5.92 Å². The van der Waals surface area contributed by atoms with Crippen LogP contribution < -0.4 is 0 Å². The fraction of sp³-hybridized carbons (Fsp3) is 0.300. The largest absolute Gasteiger partial charge is 0.382 e. The molecule has 1 aromatic rings. The van der Waals surface area contributed by atoms with E-state index < -0.39 is 4.11 Å². The molecule has 2 rings (SSSR count). The molecule has 2 unspecified atom stereocenters. The summed E-state index contributed by atoms with van der Waals surface area (Å²) in [4.78, 5) is 11.7. The van der Waals surface area contributed by atoms with Crippen molar-refractivity contribution in [3.63, 3.8) is 0 Å². The SMILES string of the molecule is O=C1c2ccccc2CC1C(O)I. The van der Waals surface area contributed by atoms with E-state index >= 15 is 0 Å². The number of fused-ring (bicyclic) bond motifs is 1. The van der Waals surface area contributed by atoms with E-state index in [4.69, 9.17) is 0 Å². The summed E-state index contributed by atoms with van der Waals surface area (Å²) in [7, 11) is 0. The number of carbonyl (C=O) groups is 1. The van der Waals surface area contributed by atoms with E-state index in [1.807, 2.05) is 46.9 Å². The zero-order valence-electron chi connectivity index (χ0n) is 6.90. The van der Waals surface area contributed by atoms with Crippen LogP contribution in [0.1, 0.15) is 15.9 Å². The maximum Gasteiger partial charge on any atom is 0.169 e. The Morgan fingerprint density at radius 1 is 1.46 bits per heavy atom. The molecule has 0 saturated heterocycles. The molecule has 68 valence electrons. The first-order valence-corrected chi connectivity index (χ1v) is 5.39. The standard InChI is InChI=1S/C10H9IO2/c11-10(13)8-5-6-3-1-2-4-7(6)9(8)12/h1-4,8,10,13H,5H2. The second kappa shape index (κ2) is 3.38. The number of benzene rings is 1. The molecule has 0 aliphatic heterocycles. The highest BCUT2D eigenvalue weighted by Crippen LogP contribution is 2.30. The minimum absolute atomic E-state index is 0.0810. The van der Waals surface area contributed by atoms with Gasteiger partial charge in [0, 0.05) is 5.56 Å². The third-order valence-corrected chi connectivity index (χ3v) is 3.26. The molecular formula is C10H9IO2. The van der Waals surface area contributed by atoms with Crippen LogP contribution in [-0.2, 0) is 6.42 Å². The number of halogens is 1. The number of ketones is 1. The number of hydrogen-bond donors (Lipinski definition) is 1. The number of carbonyl (C=O) groups excluding carboxylic acids is 1. The van der Waals surface area contributed by atoms with E-state index in [-0.39, 0.29) is 11.7 Å². The Morgan fingerprint density at radius 3 is 2.77 bits per heavy atom. The molecule has 0 fully saturated rings. The van der Waals surface area contributed by atoms with Gasteiger partial charge in [-0.2, -0.15) is 0 Å². The topological polar surface area (TPSA) is 37.3 Å². The number of aliphatic hydroxyl groups is 1. The lowest BCUT2D eigenvalue weighted by Crippen LogP contribution is -2.19. The second-order valence-electron chi connectivity index (χ2n) is 3.20. The monoisotopic (exact) mass is 288 g/mol. The fourth-order valence-corrected chi connectivity index (χ4v) is 2.27. The van der Waals surface area contributed by atoms with Crippen LogP contribution in [-0.4, -0.2) is 15.0 Å². The molecule has 0 aromatic heterocycles. The van der Waals surface area contributed by atoms with Gasteiger partial charge in [-0.05, 0) is 12.0 Å². The molecule has 0 spiro atoms. The predicted octanol–water partition coefficient (Wildman–Crippen LogP) is 1.79. The van der Waals surface area contributed by atoms with Gasteiger partial charge in [-0.3, -0.25) is 4.79 Å². The molecule has 1 aliphatic rings. The van der Waals surface area contributed by atoms with Crippen molar-refractivity contribution in [2.24, 2.45) is 5.92 Å². The summed E-state index contributed by atoms with van der Waals surface area (Å²) >= 11 is 1.89. The Balaban J connectivity index is 2.38. The van der Waals surface area contributed by atoms with Gasteiger partial charge in [-0.25, -0.2) is 0 Å². The molecule has 0 amide bonds.